The van der Waals surface area contributed by atoms with E-state index < -0.39 is 6.61 Å². The van der Waals surface area contributed by atoms with Gasteiger partial charge < -0.3 is 20.3 Å². The Kier molecular flexibility index (Phi) is 9.90. The molecule has 1 heterocycles. The average Bonchev–Trinajstić information content (AvgIpc) is 2.71. The number of ether oxygens (including phenoxy) is 1. The Morgan fingerprint density at radius 3 is 2.55 bits per heavy atom. The van der Waals surface area contributed by atoms with Crippen molar-refractivity contribution in [3.63, 3.8) is 0 Å². The van der Waals surface area contributed by atoms with Crippen molar-refractivity contribution in [1.82, 2.24) is 20.4 Å². The summed E-state index contributed by atoms with van der Waals surface area (Å²) in [6.45, 7) is 10.5. The second kappa shape index (κ2) is 12.1. The highest BCUT2D eigenvalue weighted by atomic mass is 35.5. The van der Waals surface area contributed by atoms with Crippen LogP contribution in [0, 0.1) is 0 Å². The van der Waals surface area contributed by atoms with Crippen LogP contribution in [0.1, 0.15) is 26.3 Å². The number of halogens is 3. The Morgan fingerprint density at radius 2 is 1.93 bits per heavy atom. The van der Waals surface area contributed by atoms with Crippen molar-refractivity contribution in [2.24, 2.45) is 4.99 Å². The standard InChI is InChI=1S/C20H32ClF2N5O/c1-4-24-20(25-13-15(3)28-10-8-27(5-2)9-11-28)26-14-16-12-17(21)6-7-18(16)29-19(22)23/h6-7,12,15,19H,4-5,8-11,13-14H2,1-3H3,(H2,24,25,26). The number of rotatable bonds is 9. The van der Waals surface area contributed by atoms with Crippen molar-refractivity contribution in [2.45, 2.75) is 40.0 Å². The van der Waals surface area contributed by atoms with Gasteiger partial charge in [0.25, 0.3) is 0 Å². The molecule has 1 aliphatic heterocycles. The highest BCUT2D eigenvalue weighted by Gasteiger charge is 2.20. The molecule has 1 unspecified atom stereocenters. The number of likely N-dealkylation sites (N-methyl/N-ethyl adjacent to an activating group) is 1. The molecular weight excluding hydrogens is 400 g/mol. The van der Waals surface area contributed by atoms with E-state index in [1.807, 2.05) is 6.92 Å². The number of piperazine rings is 1. The Bertz CT molecular complexity index is 654. The second-order valence-electron chi connectivity index (χ2n) is 7.03. The molecule has 2 N–H and O–H groups in total. The molecule has 9 heteroatoms. The lowest BCUT2D eigenvalue weighted by Crippen LogP contribution is -2.53. The maximum atomic E-state index is 12.6. The van der Waals surface area contributed by atoms with Crippen LogP contribution < -0.4 is 15.4 Å². The first-order chi connectivity index (χ1) is 13.9. The van der Waals surface area contributed by atoms with Gasteiger partial charge in [0.2, 0.25) is 0 Å². The average molecular weight is 432 g/mol. The zero-order valence-electron chi connectivity index (χ0n) is 17.4. The van der Waals surface area contributed by atoms with Gasteiger partial charge in [0, 0.05) is 55.9 Å². The summed E-state index contributed by atoms with van der Waals surface area (Å²) in [6.07, 6.45) is 0. The first-order valence-electron chi connectivity index (χ1n) is 10.1. The van der Waals surface area contributed by atoms with E-state index >= 15 is 0 Å². The highest BCUT2D eigenvalue weighted by Crippen LogP contribution is 2.25. The van der Waals surface area contributed by atoms with E-state index in [0.717, 1.165) is 39.3 Å². The van der Waals surface area contributed by atoms with E-state index in [1.165, 1.54) is 12.1 Å². The van der Waals surface area contributed by atoms with Crippen LogP contribution in [0.25, 0.3) is 0 Å². The van der Waals surface area contributed by atoms with Gasteiger partial charge >= 0.3 is 6.61 Å². The third-order valence-electron chi connectivity index (χ3n) is 5.03. The monoisotopic (exact) mass is 431 g/mol. The zero-order valence-corrected chi connectivity index (χ0v) is 18.2. The minimum atomic E-state index is -2.89. The molecule has 1 aliphatic rings. The van der Waals surface area contributed by atoms with Crippen molar-refractivity contribution < 1.29 is 13.5 Å². The first kappa shape index (κ1) is 23.6. The lowest BCUT2D eigenvalue weighted by molar-refractivity contribution is -0.0504. The topological polar surface area (TPSA) is 52.1 Å². The van der Waals surface area contributed by atoms with Crippen molar-refractivity contribution in [1.29, 1.82) is 0 Å². The van der Waals surface area contributed by atoms with E-state index in [9.17, 15) is 8.78 Å². The summed E-state index contributed by atoms with van der Waals surface area (Å²) < 4.78 is 29.8. The van der Waals surface area contributed by atoms with Crippen molar-refractivity contribution >= 4 is 17.6 Å². The molecule has 0 aliphatic carbocycles. The highest BCUT2D eigenvalue weighted by molar-refractivity contribution is 6.30. The fourth-order valence-corrected chi connectivity index (χ4v) is 3.48. The predicted molar refractivity (Wildman–Crippen MR) is 114 cm³/mol. The molecule has 0 aromatic heterocycles. The van der Waals surface area contributed by atoms with Crippen LogP contribution >= 0.6 is 11.6 Å². The van der Waals surface area contributed by atoms with Gasteiger partial charge in [-0.15, -0.1) is 0 Å². The van der Waals surface area contributed by atoms with Gasteiger partial charge in [-0.05, 0) is 38.6 Å². The number of benzene rings is 1. The number of nitrogens with zero attached hydrogens (tertiary/aromatic N) is 3. The number of hydrogen-bond acceptors (Lipinski definition) is 4. The summed E-state index contributed by atoms with van der Waals surface area (Å²) >= 11 is 6.01. The molecule has 1 saturated heterocycles. The minimum Gasteiger partial charge on any atom is -0.434 e. The van der Waals surface area contributed by atoms with Crippen LogP contribution in [0.15, 0.2) is 23.2 Å². The fraction of sp³-hybridized carbons (Fsp3) is 0.650. The fourth-order valence-electron chi connectivity index (χ4n) is 3.28. The van der Waals surface area contributed by atoms with Gasteiger partial charge in [0.1, 0.15) is 5.75 Å². The molecule has 0 bridgehead atoms. The molecule has 2 rings (SSSR count). The quantitative estimate of drug-likeness (QED) is 0.465. The number of hydrogen-bond donors (Lipinski definition) is 2. The second-order valence-corrected chi connectivity index (χ2v) is 7.46. The van der Waals surface area contributed by atoms with E-state index in [-0.39, 0.29) is 12.3 Å². The number of nitrogens with one attached hydrogen (secondary N) is 2. The Labute approximate surface area is 177 Å². The van der Waals surface area contributed by atoms with Crippen LogP contribution in [0.5, 0.6) is 5.75 Å². The van der Waals surface area contributed by atoms with E-state index in [1.54, 1.807) is 6.07 Å². The molecule has 0 amide bonds. The Hall–Kier alpha value is -1.64. The van der Waals surface area contributed by atoms with Crippen molar-refractivity contribution in [3.05, 3.63) is 28.8 Å². The van der Waals surface area contributed by atoms with Gasteiger partial charge in [-0.2, -0.15) is 8.78 Å². The predicted octanol–water partition coefficient (Wildman–Crippen LogP) is 3.02. The Morgan fingerprint density at radius 1 is 1.21 bits per heavy atom. The maximum absolute atomic E-state index is 12.6. The summed E-state index contributed by atoms with van der Waals surface area (Å²) in [6, 6.07) is 4.93. The molecule has 164 valence electrons. The molecule has 29 heavy (non-hydrogen) atoms. The summed E-state index contributed by atoms with van der Waals surface area (Å²) in [7, 11) is 0. The molecule has 0 spiro atoms. The van der Waals surface area contributed by atoms with Gasteiger partial charge in [0.15, 0.2) is 5.96 Å². The lowest BCUT2D eigenvalue weighted by Gasteiger charge is -2.37. The van der Waals surface area contributed by atoms with E-state index in [4.69, 9.17) is 11.6 Å². The molecule has 0 saturated carbocycles. The normalized spacial score (nSPS) is 17.4. The molecule has 1 atom stereocenters. The number of aliphatic imine (C=N–C) groups is 1. The third kappa shape index (κ3) is 7.95. The SMILES string of the molecule is CCNC(=NCc1cc(Cl)ccc1OC(F)F)NCC(C)N1CCN(CC)CC1. The maximum Gasteiger partial charge on any atom is 0.387 e. The molecular formula is C20H32ClF2N5O. The summed E-state index contributed by atoms with van der Waals surface area (Å²) in [4.78, 5) is 9.44. The van der Waals surface area contributed by atoms with E-state index in [0.29, 0.717) is 29.1 Å². The lowest BCUT2D eigenvalue weighted by atomic mass is 10.2. The molecule has 1 fully saturated rings. The van der Waals surface area contributed by atoms with Gasteiger partial charge in [-0.3, -0.25) is 4.90 Å². The van der Waals surface area contributed by atoms with Crippen molar-refractivity contribution in [3.8, 4) is 5.75 Å². The summed E-state index contributed by atoms with van der Waals surface area (Å²) in [5.41, 5.74) is 0.513. The Balaban J connectivity index is 1.95. The van der Waals surface area contributed by atoms with Gasteiger partial charge in [0.05, 0.1) is 6.54 Å². The molecule has 1 aromatic carbocycles. The van der Waals surface area contributed by atoms with Crippen LogP contribution in [-0.2, 0) is 6.54 Å². The first-order valence-corrected chi connectivity index (χ1v) is 10.5. The minimum absolute atomic E-state index is 0.0890. The summed E-state index contributed by atoms with van der Waals surface area (Å²) in [5.74, 6) is 0.723. The number of alkyl halides is 2. The zero-order chi connectivity index (χ0) is 21.2. The van der Waals surface area contributed by atoms with Crippen molar-refractivity contribution in [2.75, 3.05) is 45.8 Å². The van der Waals surface area contributed by atoms with E-state index in [2.05, 4.69) is 44.0 Å². The van der Waals surface area contributed by atoms with Crippen LogP contribution in [-0.4, -0.2) is 74.2 Å². The summed E-state index contributed by atoms with van der Waals surface area (Å²) in [5, 5.41) is 7.00. The molecule has 6 nitrogen and oxygen atoms in total. The van der Waals surface area contributed by atoms with Gasteiger partial charge in [-0.25, -0.2) is 4.99 Å². The van der Waals surface area contributed by atoms with Gasteiger partial charge in [-0.1, -0.05) is 18.5 Å². The van der Waals surface area contributed by atoms with Crippen LogP contribution in [0.2, 0.25) is 5.02 Å². The third-order valence-corrected chi connectivity index (χ3v) is 5.27. The molecule has 0 radical (unpaired) electrons. The largest absolute Gasteiger partial charge is 0.434 e. The number of guanidine groups is 1. The smallest absolute Gasteiger partial charge is 0.387 e. The molecule has 1 aromatic rings. The van der Waals surface area contributed by atoms with Crippen LogP contribution in [0.4, 0.5) is 8.78 Å². The van der Waals surface area contributed by atoms with Crippen LogP contribution in [0.3, 0.4) is 0 Å².